The first-order valence-corrected chi connectivity index (χ1v) is 9.98. The zero-order valence-corrected chi connectivity index (χ0v) is 15.8. The van der Waals surface area contributed by atoms with Crippen LogP contribution in [0.3, 0.4) is 0 Å². The van der Waals surface area contributed by atoms with E-state index in [1.165, 1.54) is 23.1 Å². The fourth-order valence-electron chi connectivity index (χ4n) is 2.63. The number of benzene rings is 1. The van der Waals surface area contributed by atoms with Crippen molar-refractivity contribution in [2.24, 2.45) is 0 Å². The molecule has 0 saturated heterocycles. The molecule has 0 aliphatic carbocycles. The van der Waals surface area contributed by atoms with E-state index in [1.807, 2.05) is 55.6 Å². The minimum Gasteiger partial charge on any atom is -0.312 e. The van der Waals surface area contributed by atoms with E-state index in [0.717, 1.165) is 5.69 Å². The predicted molar refractivity (Wildman–Crippen MR) is 105 cm³/mol. The van der Waals surface area contributed by atoms with Gasteiger partial charge in [0.25, 0.3) is 5.56 Å². The van der Waals surface area contributed by atoms with Crippen LogP contribution in [0.2, 0.25) is 0 Å². The maximum Gasteiger partial charge on any atom is 0.272 e. The highest BCUT2D eigenvalue weighted by atomic mass is 32.2. The van der Waals surface area contributed by atoms with E-state index in [2.05, 4.69) is 4.98 Å². The monoisotopic (exact) mass is 373 g/mol. The molecule has 1 aromatic carbocycles. The van der Waals surface area contributed by atoms with Crippen LogP contribution in [0, 0.1) is 0 Å². The molecule has 1 amide bonds. The minimum atomic E-state index is -0.0344. The number of anilines is 1. The van der Waals surface area contributed by atoms with Gasteiger partial charge in [-0.1, -0.05) is 30.0 Å². The van der Waals surface area contributed by atoms with Crippen molar-refractivity contribution >= 4 is 44.9 Å². The molecule has 0 aliphatic rings. The smallest absolute Gasteiger partial charge is 0.272 e. The van der Waals surface area contributed by atoms with Gasteiger partial charge in [0.15, 0.2) is 5.16 Å². The summed E-state index contributed by atoms with van der Waals surface area (Å²) in [5.74, 6) is 0.242. The summed E-state index contributed by atoms with van der Waals surface area (Å²) in [7, 11) is 0. The summed E-state index contributed by atoms with van der Waals surface area (Å²) in [6.07, 6.45) is 0. The third kappa shape index (κ3) is 3.62. The van der Waals surface area contributed by atoms with Crippen molar-refractivity contribution in [1.82, 2.24) is 9.55 Å². The van der Waals surface area contributed by atoms with Gasteiger partial charge in [-0.25, -0.2) is 4.98 Å². The van der Waals surface area contributed by atoms with Crippen molar-refractivity contribution < 1.29 is 4.79 Å². The van der Waals surface area contributed by atoms with Crippen LogP contribution in [0.15, 0.2) is 51.7 Å². The first-order valence-electron chi connectivity index (χ1n) is 8.12. The van der Waals surface area contributed by atoms with Crippen LogP contribution in [-0.4, -0.2) is 27.8 Å². The minimum absolute atomic E-state index is 0.000942. The van der Waals surface area contributed by atoms with E-state index in [4.69, 9.17) is 0 Å². The molecule has 5 nitrogen and oxygen atoms in total. The highest BCUT2D eigenvalue weighted by Crippen LogP contribution is 2.22. The Hall–Kier alpha value is -2.12. The lowest BCUT2D eigenvalue weighted by Gasteiger charge is -2.21. The molecule has 0 atom stereocenters. The van der Waals surface area contributed by atoms with Gasteiger partial charge in [0, 0.05) is 18.8 Å². The second-order valence-electron chi connectivity index (χ2n) is 5.34. The third-order valence-electron chi connectivity index (χ3n) is 3.86. The summed E-state index contributed by atoms with van der Waals surface area (Å²) in [5.41, 5.74) is 1.54. The Labute approximate surface area is 154 Å². The topological polar surface area (TPSA) is 55.2 Å². The van der Waals surface area contributed by atoms with Gasteiger partial charge in [-0.2, -0.15) is 0 Å². The summed E-state index contributed by atoms with van der Waals surface area (Å²) in [6.45, 7) is 5.00. The summed E-state index contributed by atoms with van der Waals surface area (Å²) in [6, 6.07) is 11.4. The fourth-order valence-corrected chi connectivity index (χ4v) is 4.35. The molecule has 0 spiro atoms. The van der Waals surface area contributed by atoms with Crippen molar-refractivity contribution in [2.75, 3.05) is 17.2 Å². The maximum atomic E-state index is 12.6. The van der Waals surface area contributed by atoms with Gasteiger partial charge in [0.05, 0.1) is 11.3 Å². The van der Waals surface area contributed by atoms with Crippen molar-refractivity contribution in [2.45, 2.75) is 25.5 Å². The van der Waals surface area contributed by atoms with Crippen LogP contribution in [0.5, 0.6) is 0 Å². The summed E-state index contributed by atoms with van der Waals surface area (Å²) in [4.78, 5) is 31.5. The van der Waals surface area contributed by atoms with Gasteiger partial charge in [-0.05, 0) is 37.4 Å². The van der Waals surface area contributed by atoms with Crippen LogP contribution in [0.4, 0.5) is 5.69 Å². The highest BCUT2D eigenvalue weighted by Gasteiger charge is 2.17. The molecule has 0 unspecified atom stereocenters. The van der Waals surface area contributed by atoms with E-state index in [0.29, 0.717) is 28.5 Å². The fraction of sp³-hybridized carbons (Fsp3) is 0.278. The van der Waals surface area contributed by atoms with Crippen LogP contribution >= 0.6 is 23.1 Å². The molecular weight excluding hydrogens is 354 g/mol. The normalized spacial score (nSPS) is 11.0. The number of aromatic nitrogens is 2. The molecule has 0 fully saturated rings. The van der Waals surface area contributed by atoms with E-state index >= 15 is 0 Å². The Morgan fingerprint density at radius 3 is 2.68 bits per heavy atom. The molecule has 7 heteroatoms. The highest BCUT2D eigenvalue weighted by molar-refractivity contribution is 7.99. The molecule has 130 valence electrons. The molecule has 25 heavy (non-hydrogen) atoms. The lowest BCUT2D eigenvalue weighted by molar-refractivity contribution is -0.116. The Balaban J connectivity index is 1.82. The number of rotatable bonds is 6. The van der Waals surface area contributed by atoms with Gasteiger partial charge >= 0.3 is 0 Å². The second kappa shape index (κ2) is 7.84. The quantitative estimate of drug-likeness (QED) is 0.489. The molecule has 0 radical (unpaired) electrons. The number of amides is 1. The number of thioether (sulfide) groups is 1. The third-order valence-corrected chi connectivity index (χ3v) is 5.71. The van der Waals surface area contributed by atoms with Gasteiger partial charge in [-0.15, -0.1) is 11.3 Å². The first-order chi connectivity index (χ1) is 12.2. The lowest BCUT2D eigenvalue weighted by Crippen LogP contribution is -2.32. The molecule has 3 rings (SSSR count). The SMILES string of the molecule is CCN(C(=O)CSc1nc2ccsc2c(=O)n1CC)c1ccccc1. The first kappa shape index (κ1) is 17.7. The van der Waals surface area contributed by atoms with Crippen molar-refractivity contribution in [3.63, 3.8) is 0 Å². The number of nitrogens with zero attached hydrogens (tertiary/aromatic N) is 3. The zero-order valence-electron chi connectivity index (χ0n) is 14.1. The number of para-hydroxylation sites is 1. The van der Waals surface area contributed by atoms with Crippen LogP contribution < -0.4 is 10.5 Å². The molecule has 2 aromatic heterocycles. The van der Waals surface area contributed by atoms with Crippen molar-refractivity contribution in [3.8, 4) is 0 Å². The predicted octanol–water partition coefficient (Wildman–Crippen LogP) is 3.62. The number of thiophene rings is 1. The summed E-state index contributed by atoms with van der Waals surface area (Å²) < 4.78 is 2.30. The Morgan fingerprint density at radius 2 is 2.00 bits per heavy atom. The molecule has 0 saturated carbocycles. The van der Waals surface area contributed by atoms with Crippen LogP contribution in [0.1, 0.15) is 13.8 Å². The lowest BCUT2D eigenvalue weighted by atomic mass is 10.3. The summed E-state index contributed by atoms with van der Waals surface area (Å²) in [5, 5.41) is 2.46. The number of fused-ring (bicyclic) bond motifs is 1. The van der Waals surface area contributed by atoms with Gasteiger partial charge in [0.1, 0.15) is 4.70 Å². The zero-order chi connectivity index (χ0) is 17.8. The van der Waals surface area contributed by atoms with E-state index in [-0.39, 0.29) is 17.2 Å². The standard InChI is InChI=1S/C18H19N3O2S2/c1-3-20(13-8-6-5-7-9-13)15(22)12-25-18-19-14-10-11-24-16(14)17(23)21(18)4-2/h5-11H,3-4,12H2,1-2H3. The largest absolute Gasteiger partial charge is 0.312 e. The van der Waals surface area contributed by atoms with E-state index < -0.39 is 0 Å². The second-order valence-corrected chi connectivity index (χ2v) is 7.20. The Kier molecular flexibility index (Phi) is 5.55. The Morgan fingerprint density at radius 1 is 1.24 bits per heavy atom. The number of hydrogen-bond acceptors (Lipinski definition) is 5. The summed E-state index contributed by atoms with van der Waals surface area (Å²) >= 11 is 2.72. The van der Waals surface area contributed by atoms with Crippen LogP contribution in [0.25, 0.3) is 10.2 Å². The van der Waals surface area contributed by atoms with Crippen LogP contribution in [-0.2, 0) is 11.3 Å². The molecule has 2 heterocycles. The molecule has 0 aliphatic heterocycles. The number of hydrogen-bond donors (Lipinski definition) is 0. The van der Waals surface area contributed by atoms with Gasteiger partial charge in [0.2, 0.25) is 5.91 Å². The molecule has 0 N–H and O–H groups in total. The Bertz CT molecular complexity index is 934. The molecule has 3 aromatic rings. The average molecular weight is 374 g/mol. The maximum absolute atomic E-state index is 12.6. The van der Waals surface area contributed by atoms with Gasteiger partial charge in [-0.3, -0.25) is 14.2 Å². The van der Waals surface area contributed by atoms with Crippen molar-refractivity contribution in [3.05, 3.63) is 52.1 Å². The number of carbonyl (C=O) groups excluding carboxylic acids is 1. The number of carbonyl (C=O) groups is 1. The van der Waals surface area contributed by atoms with E-state index in [9.17, 15) is 9.59 Å². The average Bonchev–Trinajstić information content (AvgIpc) is 3.10. The molecular formula is C18H19N3O2S2. The van der Waals surface area contributed by atoms with E-state index in [1.54, 1.807) is 9.47 Å². The van der Waals surface area contributed by atoms with Crippen molar-refractivity contribution in [1.29, 1.82) is 0 Å². The van der Waals surface area contributed by atoms with Gasteiger partial charge < -0.3 is 4.90 Å². The molecule has 0 bridgehead atoms.